The second-order valence-electron chi connectivity index (χ2n) is 27.7. The Kier molecular flexibility index (Phi) is 20.9. The summed E-state index contributed by atoms with van der Waals surface area (Å²) >= 11 is 0. The molecule has 5 aliphatic rings. The van der Waals surface area contributed by atoms with E-state index in [0.717, 1.165) is 6.92 Å². The van der Waals surface area contributed by atoms with Crippen LogP contribution in [0.25, 0.3) is 17.1 Å². The number of phenols is 2. The number of nitrogens with zero attached hydrogens (tertiary/aromatic N) is 5. The predicted molar refractivity (Wildman–Crippen MR) is 353 cm³/mol. The maximum absolute atomic E-state index is 15.5. The normalized spacial score (nSPS) is 26.0. The Morgan fingerprint density at radius 3 is 2.09 bits per heavy atom. The molecule has 4 aromatic carbocycles. The third kappa shape index (κ3) is 13.9. The molecule has 1 aromatic heterocycles. The Bertz CT molecular complexity index is 4000. The monoisotopic (exact) mass is 1390 g/mol. The van der Waals surface area contributed by atoms with E-state index >= 15 is 9.59 Å². The number of esters is 4. The summed E-state index contributed by atoms with van der Waals surface area (Å²) in [6, 6.07) is 23.3. The van der Waals surface area contributed by atoms with Crippen LogP contribution in [0, 0.1) is 16.7 Å². The van der Waals surface area contributed by atoms with E-state index in [0.29, 0.717) is 16.1 Å². The largest absolute Gasteiger partial charge is 0.508 e. The van der Waals surface area contributed by atoms with E-state index in [-0.39, 0.29) is 103 Å². The first-order chi connectivity index (χ1) is 46.7. The van der Waals surface area contributed by atoms with Crippen molar-refractivity contribution < 1.29 is 96.5 Å². The zero-order chi connectivity index (χ0) is 72.0. The van der Waals surface area contributed by atoms with Crippen LogP contribution in [0.3, 0.4) is 0 Å². The van der Waals surface area contributed by atoms with Crippen LogP contribution in [0.1, 0.15) is 146 Å². The number of nitrogens with one attached hydrogen (secondary N) is 2. The van der Waals surface area contributed by atoms with E-state index in [4.69, 9.17) is 28.4 Å². The van der Waals surface area contributed by atoms with Crippen molar-refractivity contribution in [1.29, 1.82) is 0 Å². The minimum atomic E-state index is -2.52. The van der Waals surface area contributed by atoms with Crippen LogP contribution in [0.4, 0.5) is 4.79 Å². The molecular formula is C71H85N7O20S. The van der Waals surface area contributed by atoms with Crippen molar-refractivity contribution in [3.63, 3.8) is 0 Å². The molecule has 28 heteroatoms. The molecule has 1 unspecified atom stereocenters. The van der Waals surface area contributed by atoms with Gasteiger partial charge in [-0.1, -0.05) is 76.2 Å². The number of aliphatic hydroxyl groups excluding tert-OH is 2. The predicted octanol–water partition coefficient (Wildman–Crippen LogP) is 5.99. The molecule has 5 aromatic rings. The van der Waals surface area contributed by atoms with Crippen molar-refractivity contribution in [3.8, 4) is 28.6 Å². The number of fused-ring (bicyclic) bond motifs is 5. The standard InChI is InChI=1S/C71H85N7O20S/c1-12-72-63(87)62-75-74-61(46-33-45(38(2)3)47(80)34-48(46)81)78(62)43-23-25-44(26-24-43)99(92)77-31-29-76(30-32-77)52(83)27-28-53(84)95-57(55(41-19-15-13-16-20-41)73-66(90)98-67(6,7)8)65(89)94-49-36-71(91)60(96-64(88)42-21-17-14-18-22-42)58-69(11,59(86)56(85)54(39(49)4)68(71,9)10)50(82)35-51-70(58,37-93-51)97-40(5)79/h13-26,33-34,38,49-51,55-58,60,80-82,85,91H,12,27-32,35-37H2,1-11H3,(H,72,87)(H,73,90)/t49-,50-,51+,55-,56+,57+,58-,60-,69+,70-,71+,99?/m0/s1. The minimum absolute atomic E-state index is 0.0136. The Morgan fingerprint density at radius 2 is 1.49 bits per heavy atom. The van der Waals surface area contributed by atoms with E-state index in [1.807, 2.05) is 13.8 Å². The van der Waals surface area contributed by atoms with Crippen LogP contribution < -0.4 is 10.6 Å². The van der Waals surface area contributed by atoms with Crippen LogP contribution in [0.2, 0.25) is 0 Å². The zero-order valence-corrected chi connectivity index (χ0v) is 57.8. The summed E-state index contributed by atoms with van der Waals surface area (Å²) in [5.74, 6) is -8.47. The van der Waals surface area contributed by atoms with Crippen LogP contribution in [0.15, 0.2) is 113 Å². The molecule has 0 radical (unpaired) electrons. The lowest BCUT2D eigenvalue weighted by molar-refractivity contribution is -0.346. The average Bonchev–Trinajstić information content (AvgIpc) is 0.993. The zero-order valence-electron chi connectivity index (χ0n) is 57.0. The molecule has 4 fully saturated rings. The molecule has 2 bridgehead atoms. The van der Waals surface area contributed by atoms with Crippen LogP contribution in [0.5, 0.6) is 11.5 Å². The number of amides is 3. The van der Waals surface area contributed by atoms with Gasteiger partial charge >= 0.3 is 30.0 Å². The summed E-state index contributed by atoms with van der Waals surface area (Å²) in [5, 5.41) is 74.1. The Morgan fingerprint density at radius 1 is 0.848 bits per heavy atom. The number of rotatable bonds is 19. The van der Waals surface area contributed by atoms with Gasteiger partial charge in [0.15, 0.2) is 17.2 Å². The lowest BCUT2D eigenvalue weighted by Crippen LogP contribution is -2.81. The molecule has 530 valence electrons. The first-order valence-electron chi connectivity index (χ1n) is 32.9. The van der Waals surface area contributed by atoms with Crippen molar-refractivity contribution in [2.45, 2.75) is 172 Å². The average molecular weight is 1390 g/mol. The molecule has 3 amide bonds. The maximum atomic E-state index is 15.5. The van der Waals surface area contributed by atoms with Crippen LogP contribution >= 0.6 is 0 Å². The number of aromatic hydroxyl groups is 2. The summed E-state index contributed by atoms with van der Waals surface area (Å²) in [5.41, 5.74) is -8.13. The van der Waals surface area contributed by atoms with Gasteiger partial charge < -0.3 is 69.5 Å². The molecule has 3 heterocycles. The van der Waals surface area contributed by atoms with Crippen molar-refractivity contribution in [2.75, 3.05) is 39.3 Å². The second kappa shape index (κ2) is 28.4. The number of alkyl carbamates (subject to hydrolysis) is 1. The number of piperazine rings is 1. The van der Waals surface area contributed by atoms with Gasteiger partial charge in [0.2, 0.25) is 17.8 Å². The van der Waals surface area contributed by atoms with Gasteiger partial charge in [-0.3, -0.25) is 28.5 Å². The molecular weight excluding hydrogens is 1300 g/mol. The molecule has 3 aliphatic carbocycles. The van der Waals surface area contributed by atoms with Crippen molar-refractivity contribution in [3.05, 3.63) is 131 Å². The highest BCUT2D eigenvalue weighted by molar-refractivity contribution is 7.82. The lowest BCUT2D eigenvalue weighted by atomic mass is 9.44. The van der Waals surface area contributed by atoms with Crippen LogP contribution in [-0.2, 0) is 63.4 Å². The molecule has 2 saturated carbocycles. The molecule has 0 spiro atoms. The molecule has 99 heavy (non-hydrogen) atoms. The number of hydrogen-bond donors (Lipinski definition) is 7. The smallest absolute Gasteiger partial charge is 0.408 e. The highest BCUT2D eigenvalue weighted by Crippen LogP contribution is 2.64. The minimum Gasteiger partial charge on any atom is -0.508 e. The van der Waals surface area contributed by atoms with Gasteiger partial charge in [0, 0.05) is 76.1 Å². The number of aliphatic hydroxyl groups is 3. The number of carbonyl (C=O) groups excluding carboxylic acids is 8. The van der Waals surface area contributed by atoms with Gasteiger partial charge in [-0.05, 0) is 112 Å². The highest BCUT2D eigenvalue weighted by Gasteiger charge is 2.78. The number of Topliss-reactive ketones (excluding diaryl/α,β-unsaturated/α-hetero) is 1. The molecule has 2 saturated heterocycles. The number of phenolic OH excluding ortho intramolecular Hbond substituents is 2. The number of ketones is 1. The van der Waals surface area contributed by atoms with Gasteiger partial charge in [-0.25, -0.2) is 22.9 Å². The summed E-state index contributed by atoms with van der Waals surface area (Å²) in [7, 11) is -1.76. The van der Waals surface area contributed by atoms with E-state index < -0.39 is 154 Å². The van der Waals surface area contributed by atoms with Crippen molar-refractivity contribution in [1.82, 2.24) is 34.6 Å². The first-order valence-corrected chi connectivity index (χ1v) is 34.0. The SMILES string of the molecule is CCNC(=O)c1nnc(-c2cc(C(C)C)c(O)cc2O)n1-c1ccc(S(=O)N2CCN(C(=O)CCC(=O)O[C@@H](C(=O)O[C@H]3C[C@@]4(O)[C@@H](OC(=O)c5ccccc5)[C@@H]5[C@]6(OC(C)=O)CO[C@@H]6C[C@H](O)[C@@]5(C)C(=O)[C@H](O)C(=C3C)C4(C)C)[C@@H](NC(=O)OC(C)(C)C)c3ccccc3)CC2)cc1. The fourth-order valence-corrected chi connectivity index (χ4v) is 15.7. The Hall–Kier alpha value is -8.93. The topological polar surface area (TPSA) is 371 Å². The summed E-state index contributed by atoms with van der Waals surface area (Å²) in [4.78, 5) is 116. The number of carbonyl (C=O) groups is 8. The number of aromatic nitrogens is 3. The van der Waals surface area contributed by atoms with Gasteiger partial charge in [0.05, 0.1) is 46.5 Å². The number of hydrogen-bond acceptors (Lipinski definition) is 22. The lowest BCUT2D eigenvalue weighted by Gasteiger charge is -2.67. The summed E-state index contributed by atoms with van der Waals surface area (Å²) in [6.45, 7) is 17.6. The third-order valence-electron chi connectivity index (χ3n) is 19.7. The fraction of sp³-hybridized carbons (Fsp3) is 0.493. The van der Waals surface area contributed by atoms with E-state index in [2.05, 4.69) is 20.8 Å². The highest BCUT2D eigenvalue weighted by atomic mass is 32.2. The second-order valence-corrected chi connectivity index (χ2v) is 29.2. The van der Waals surface area contributed by atoms with Gasteiger partial charge in [-0.15, -0.1) is 10.2 Å². The fourth-order valence-electron chi connectivity index (χ4n) is 14.5. The molecule has 2 aliphatic heterocycles. The molecule has 10 rings (SSSR count). The van der Waals surface area contributed by atoms with Crippen LogP contribution in [-0.4, -0.2) is 194 Å². The maximum Gasteiger partial charge on any atom is 0.408 e. The van der Waals surface area contributed by atoms with E-state index in [1.165, 1.54) is 67.5 Å². The van der Waals surface area contributed by atoms with E-state index in [1.54, 1.807) is 98.7 Å². The van der Waals surface area contributed by atoms with Gasteiger partial charge in [0.1, 0.15) is 64.1 Å². The van der Waals surface area contributed by atoms with Crippen molar-refractivity contribution >= 4 is 58.6 Å². The number of ether oxygens (including phenoxy) is 6. The third-order valence-corrected chi connectivity index (χ3v) is 21.2. The number of benzene rings is 4. The van der Waals surface area contributed by atoms with Gasteiger partial charge in [0.25, 0.3) is 5.91 Å². The van der Waals surface area contributed by atoms with Crippen molar-refractivity contribution in [2.24, 2.45) is 16.7 Å². The summed E-state index contributed by atoms with van der Waals surface area (Å²) in [6.07, 6.45) is -13.6. The quantitative estimate of drug-likeness (QED) is 0.0283. The Balaban J connectivity index is 0.900. The van der Waals surface area contributed by atoms with E-state index in [9.17, 15) is 58.5 Å². The summed E-state index contributed by atoms with van der Waals surface area (Å²) < 4.78 is 53.8. The first kappa shape index (κ1) is 72.8. The molecule has 27 nitrogen and oxygen atoms in total. The Labute approximate surface area is 574 Å². The van der Waals surface area contributed by atoms with Gasteiger partial charge in [-0.2, -0.15) is 0 Å². The molecule has 7 N–H and O–H groups in total. The molecule has 12 atom stereocenters.